The van der Waals surface area contributed by atoms with Gasteiger partial charge < -0.3 is 5.32 Å². The molecule has 3 heteroatoms. The molecule has 1 saturated carbocycles. The molecule has 110 valence electrons. The third-order valence-electron chi connectivity index (χ3n) is 4.31. The van der Waals surface area contributed by atoms with Crippen LogP contribution >= 0.6 is 11.6 Å². The Labute approximate surface area is 130 Å². The monoisotopic (exact) mass is 303 g/mol. The van der Waals surface area contributed by atoms with E-state index in [-0.39, 0.29) is 11.9 Å². The van der Waals surface area contributed by atoms with Gasteiger partial charge in [-0.2, -0.15) is 0 Å². The summed E-state index contributed by atoms with van der Waals surface area (Å²) in [6.45, 7) is 2.12. The number of benzene rings is 2. The smallest absolute Gasteiger partial charge is 0.123 e. The topological polar surface area (TPSA) is 12.0 Å². The maximum atomic E-state index is 12.9. The fourth-order valence-corrected chi connectivity index (χ4v) is 3.19. The summed E-state index contributed by atoms with van der Waals surface area (Å²) < 4.78 is 12.9. The van der Waals surface area contributed by atoms with Crippen molar-refractivity contribution in [1.29, 1.82) is 0 Å². The molecule has 0 bridgehead atoms. The van der Waals surface area contributed by atoms with Gasteiger partial charge in [-0.1, -0.05) is 35.9 Å². The van der Waals surface area contributed by atoms with E-state index in [0.29, 0.717) is 12.0 Å². The second-order valence-electron chi connectivity index (χ2n) is 5.86. The molecule has 1 atom stereocenters. The first kappa shape index (κ1) is 14.6. The Morgan fingerprint density at radius 3 is 2.52 bits per heavy atom. The average molecular weight is 304 g/mol. The Kier molecular flexibility index (Phi) is 4.27. The van der Waals surface area contributed by atoms with Crippen LogP contribution in [0.15, 0.2) is 48.5 Å². The molecule has 0 amide bonds. The normalized spacial score (nSPS) is 22.6. The fraction of sp³-hybridized carbons (Fsp3) is 0.333. The summed E-state index contributed by atoms with van der Waals surface area (Å²) >= 11 is 6.04. The van der Waals surface area contributed by atoms with Crippen molar-refractivity contribution in [1.82, 2.24) is 5.32 Å². The Bertz CT molecular complexity index is 605. The summed E-state index contributed by atoms with van der Waals surface area (Å²) in [4.78, 5) is 0. The minimum Gasteiger partial charge on any atom is -0.307 e. The van der Waals surface area contributed by atoms with Crippen LogP contribution in [-0.2, 0) is 0 Å². The van der Waals surface area contributed by atoms with Crippen LogP contribution in [0.25, 0.3) is 0 Å². The summed E-state index contributed by atoms with van der Waals surface area (Å²) in [6.07, 6.45) is 2.26. The summed E-state index contributed by atoms with van der Waals surface area (Å²) in [5.74, 6) is 0.414. The van der Waals surface area contributed by atoms with Gasteiger partial charge in [-0.3, -0.25) is 0 Å². The summed E-state index contributed by atoms with van der Waals surface area (Å²) in [6, 6.07) is 15.6. The van der Waals surface area contributed by atoms with Crippen molar-refractivity contribution in [2.24, 2.45) is 0 Å². The van der Waals surface area contributed by atoms with Crippen LogP contribution in [0.1, 0.15) is 42.9 Å². The van der Waals surface area contributed by atoms with Crippen molar-refractivity contribution < 1.29 is 4.39 Å². The van der Waals surface area contributed by atoms with Crippen LogP contribution in [0.2, 0.25) is 5.02 Å². The van der Waals surface area contributed by atoms with Crippen molar-refractivity contribution in [3.05, 3.63) is 70.5 Å². The first-order chi connectivity index (χ1) is 10.1. The Morgan fingerprint density at radius 1 is 1.14 bits per heavy atom. The van der Waals surface area contributed by atoms with Gasteiger partial charge in [0.2, 0.25) is 0 Å². The molecule has 0 radical (unpaired) electrons. The second kappa shape index (κ2) is 6.17. The Morgan fingerprint density at radius 2 is 1.86 bits per heavy atom. The number of hydrogen-bond acceptors (Lipinski definition) is 1. The lowest BCUT2D eigenvalue weighted by Crippen LogP contribution is -2.41. The number of halogens is 2. The van der Waals surface area contributed by atoms with Crippen LogP contribution in [0, 0.1) is 5.82 Å². The molecule has 2 aromatic carbocycles. The van der Waals surface area contributed by atoms with Crippen molar-refractivity contribution in [2.75, 3.05) is 0 Å². The predicted octanol–water partition coefficient (Wildman–Crippen LogP) is 5.08. The fourth-order valence-electron chi connectivity index (χ4n) is 2.99. The second-order valence-corrected chi connectivity index (χ2v) is 6.30. The zero-order valence-corrected chi connectivity index (χ0v) is 12.8. The lowest BCUT2D eigenvalue weighted by atomic mass is 9.75. The minimum atomic E-state index is -0.185. The highest BCUT2D eigenvalue weighted by molar-refractivity contribution is 6.30. The van der Waals surface area contributed by atoms with E-state index < -0.39 is 0 Å². The molecule has 2 aromatic rings. The third kappa shape index (κ3) is 3.45. The lowest BCUT2D eigenvalue weighted by molar-refractivity contribution is 0.271. The highest BCUT2D eigenvalue weighted by atomic mass is 35.5. The lowest BCUT2D eigenvalue weighted by Gasteiger charge is -2.38. The van der Waals surface area contributed by atoms with Gasteiger partial charge in [-0.05, 0) is 61.1 Å². The van der Waals surface area contributed by atoms with E-state index in [4.69, 9.17) is 11.6 Å². The van der Waals surface area contributed by atoms with E-state index in [1.165, 1.54) is 17.7 Å². The van der Waals surface area contributed by atoms with E-state index in [2.05, 4.69) is 24.4 Å². The summed E-state index contributed by atoms with van der Waals surface area (Å²) in [5, 5.41) is 4.42. The predicted molar refractivity (Wildman–Crippen MR) is 85.2 cm³/mol. The molecule has 21 heavy (non-hydrogen) atoms. The van der Waals surface area contributed by atoms with Gasteiger partial charge in [0.25, 0.3) is 0 Å². The van der Waals surface area contributed by atoms with Crippen LogP contribution < -0.4 is 5.32 Å². The maximum absolute atomic E-state index is 12.9. The van der Waals surface area contributed by atoms with Gasteiger partial charge in [-0.15, -0.1) is 0 Å². The van der Waals surface area contributed by atoms with Gasteiger partial charge in [0.15, 0.2) is 0 Å². The molecular formula is C18H19ClFN. The maximum Gasteiger partial charge on any atom is 0.123 e. The molecule has 0 aliphatic heterocycles. The van der Waals surface area contributed by atoms with Crippen LogP contribution in [0.5, 0.6) is 0 Å². The number of nitrogens with one attached hydrogen (secondary N) is 1. The van der Waals surface area contributed by atoms with Gasteiger partial charge >= 0.3 is 0 Å². The van der Waals surface area contributed by atoms with E-state index in [0.717, 1.165) is 23.4 Å². The van der Waals surface area contributed by atoms with E-state index in [9.17, 15) is 4.39 Å². The van der Waals surface area contributed by atoms with Crippen molar-refractivity contribution in [3.8, 4) is 0 Å². The first-order valence-corrected chi connectivity index (χ1v) is 7.76. The van der Waals surface area contributed by atoms with E-state index in [1.807, 2.05) is 24.3 Å². The molecule has 0 heterocycles. The van der Waals surface area contributed by atoms with Gasteiger partial charge in [-0.25, -0.2) is 4.39 Å². The minimum absolute atomic E-state index is 0.185. The highest BCUT2D eigenvalue weighted by Gasteiger charge is 2.31. The third-order valence-corrected chi connectivity index (χ3v) is 4.55. The zero-order chi connectivity index (χ0) is 14.8. The van der Waals surface area contributed by atoms with Gasteiger partial charge in [0.1, 0.15) is 5.82 Å². The van der Waals surface area contributed by atoms with Crippen LogP contribution in [0.4, 0.5) is 4.39 Å². The summed E-state index contributed by atoms with van der Waals surface area (Å²) in [7, 11) is 0. The molecular weight excluding hydrogens is 285 g/mol. The molecule has 1 aliphatic carbocycles. The molecule has 0 spiro atoms. The van der Waals surface area contributed by atoms with Crippen molar-refractivity contribution in [2.45, 2.75) is 37.8 Å². The highest BCUT2D eigenvalue weighted by Crippen LogP contribution is 2.38. The van der Waals surface area contributed by atoms with Gasteiger partial charge in [0.05, 0.1) is 0 Å². The number of rotatable bonds is 4. The molecule has 3 rings (SSSR count). The van der Waals surface area contributed by atoms with Crippen molar-refractivity contribution >= 4 is 11.6 Å². The quantitative estimate of drug-likeness (QED) is 0.831. The van der Waals surface area contributed by atoms with Crippen LogP contribution in [-0.4, -0.2) is 6.04 Å². The van der Waals surface area contributed by atoms with Crippen LogP contribution in [0.3, 0.4) is 0 Å². The summed E-state index contributed by atoms with van der Waals surface area (Å²) in [5.41, 5.74) is 2.46. The molecule has 0 aromatic heterocycles. The molecule has 1 N–H and O–H groups in total. The average Bonchev–Trinajstić information content (AvgIpc) is 2.43. The standard InChI is InChI=1S/C18H19ClFN/c1-12(13-5-7-17(20)8-6-13)21-18-10-15(11-18)14-3-2-4-16(19)9-14/h2-9,12,15,18,21H,10-11H2,1H3/t12-,15?,18?/m0/s1. The van der Waals surface area contributed by atoms with Gasteiger partial charge in [0, 0.05) is 17.1 Å². The van der Waals surface area contributed by atoms with E-state index >= 15 is 0 Å². The molecule has 1 nitrogen and oxygen atoms in total. The molecule has 1 fully saturated rings. The molecule has 0 unspecified atom stereocenters. The van der Waals surface area contributed by atoms with E-state index in [1.54, 1.807) is 0 Å². The SMILES string of the molecule is C[C@H](NC1CC(c2cccc(Cl)c2)C1)c1ccc(F)cc1. The first-order valence-electron chi connectivity index (χ1n) is 7.39. The Hall–Kier alpha value is -1.38. The number of hydrogen-bond donors (Lipinski definition) is 1. The Balaban J connectivity index is 1.54. The van der Waals surface area contributed by atoms with Crippen molar-refractivity contribution in [3.63, 3.8) is 0 Å². The molecule has 1 aliphatic rings. The largest absolute Gasteiger partial charge is 0.307 e. The molecule has 0 saturated heterocycles. The zero-order valence-electron chi connectivity index (χ0n) is 12.0.